The molecule has 0 aromatic heterocycles. The van der Waals surface area contributed by atoms with Gasteiger partial charge in [-0.05, 0) is 25.3 Å². The Labute approximate surface area is 110 Å². The van der Waals surface area contributed by atoms with Crippen molar-refractivity contribution in [2.75, 3.05) is 0 Å². The average Bonchev–Trinajstić information content (AvgIpc) is 2.58. The van der Waals surface area contributed by atoms with E-state index >= 15 is 0 Å². The average molecular weight is 248 g/mol. The molecule has 100 valence electrons. The van der Waals surface area contributed by atoms with Crippen LogP contribution >= 0.6 is 0 Å². The maximum atomic E-state index is 10.6. The molecule has 0 radical (unpaired) electrons. The molecule has 1 aromatic rings. The van der Waals surface area contributed by atoms with Gasteiger partial charge >= 0.3 is 0 Å². The fraction of sp³-hybridized carbons (Fsp3) is 0.625. The molecule has 0 spiro atoms. The monoisotopic (exact) mass is 248 g/mol. The van der Waals surface area contributed by atoms with Gasteiger partial charge in [-0.3, -0.25) is 0 Å². The Balaban J connectivity index is 2.01. The lowest BCUT2D eigenvalue weighted by Gasteiger charge is -2.32. The summed E-state index contributed by atoms with van der Waals surface area (Å²) in [4.78, 5) is 0. The second-order valence-corrected chi connectivity index (χ2v) is 5.72. The van der Waals surface area contributed by atoms with Crippen LogP contribution in [0.25, 0.3) is 0 Å². The molecule has 1 aliphatic carbocycles. The predicted octanol–water partition coefficient (Wildman–Crippen LogP) is 2.98. The Bertz CT molecular complexity index is 361. The Morgan fingerprint density at radius 2 is 1.61 bits per heavy atom. The smallest absolute Gasteiger partial charge is 0.0908 e. The van der Waals surface area contributed by atoms with Gasteiger partial charge in [0.05, 0.1) is 11.7 Å². The molecule has 2 N–H and O–H groups in total. The van der Waals surface area contributed by atoms with Crippen molar-refractivity contribution in [2.45, 2.75) is 63.6 Å². The highest BCUT2D eigenvalue weighted by atomic mass is 16.3. The number of hydrogen-bond donors (Lipinski definition) is 2. The first-order chi connectivity index (χ1) is 8.60. The molecule has 2 rings (SSSR count). The van der Waals surface area contributed by atoms with Crippen LogP contribution < -0.4 is 0 Å². The van der Waals surface area contributed by atoms with E-state index in [1.54, 1.807) is 0 Å². The topological polar surface area (TPSA) is 40.5 Å². The molecule has 0 saturated heterocycles. The van der Waals surface area contributed by atoms with Crippen molar-refractivity contribution < 1.29 is 10.2 Å². The highest BCUT2D eigenvalue weighted by molar-refractivity contribution is 5.22. The summed E-state index contributed by atoms with van der Waals surface area (Å²) in [6.07, 6.45) is 5.80. The third-order valence-electron chi connectivity index (χ3n) is 4.14. The number of benzene rings is 1. The maximum Gasteiger partial charge on any atom is 0.0908 e. The molecule has 2 nitrogen and oxygen atoms in total. The van der Waals surface area contributed by atoms with Crippen LogP contribution in [0.1, 0.15) is 49.7 Å². The molecular formula is C16H24O2. The van der Waals surface area contributed by atoms with E-state index in [0.717, 1.165) is 31.2 Å². The molecular weight excluding hydrogens is 224 g/mol. The normalized spacial score (nSPS) is 21.3. The van der Waals surface area contributed by atoms with E-state index in [0.29, 0.717) is 6.42 Å². The Kier molecular flexibility index (Phi) is 4.41. The zero-order valence-corrected chi connectivity index (χ0v) is 11.2. The van der Waals surface area contributed by atoms with E-state index in [9.17, 15) is 10.2 Å². The van der Waals surface area contributed by atoms with Gasteiger partial charge in [0.25, 0.3) is 0 Å². The predicted molar refractivity (Wildman–Crippen MR) is 73.5 cm³/mol. The van der Waals surface area contributed by atoms with Gasteiger partial charge in [0.2, 0.25) is 0 Å². The summed E-state index contributed by atoms with van der Waals surface area (Å²) in [5, 5.41) is 20.9. The molecule has 1 unspecified atom stereocenters. The largest absolute Gasteiger partial charge is 0.390 e. The van der Waals surface area contributed by atoms with Crippen LogP contribution in [-0.4, -0.2) is 21.9 Å². The zero-order chi connectivity index (χ0) is 13.0. The van der Waals surface area contributed by atoms with E-state index in [-0.39, 0.29) is 0 Å². The summed E-state index contributed by atoms with van der Waals surface area (Å²) in [7, 11) is 0. The first-order valence-corrected chi connectivity index (χ1v) is 7.06. The molecule has 1 fully saturated rings. The van der Waals surface area contributed by atoms with Crippen LogP contribution in [0, 0.1) is 6.92 Å². The second-order valence-electron chi connectivity index (χ2n) is 5.72. The fourth-order valence-electron chi connectivity index (χ4n) is 2.81. The summed E-state index contributed by atoms with van der Waals surface area (Å²) in [6, 6.07) is 8.19. The number of rotatable bonds is 3. The van der Waals surface area contributed by atoms with E-state index in [1.165, 1.54) is 18.4 Å². The van der Waals surface area contributed by atoms with Crippen molar-refractivity contribution in [2.24, 2.45) is 0 Å². The first-order valence-electron chi connectivity index (χ1n) is 7.06. The van der Waals surface area contributed by atoms with Crippen molar-refractivity contribution in [3.05, 3.63) is 35.4 Å². The zero-order valence-electron chi connectivity index (χ0n) is 11.2. The van der Waals surface area contributed by atoms with Gasteiger partial charge in [-0.15, -0.1) is 0 Å². The van der Waals surface area contributed by atoms with Crippen LogP contribution in [0.2, 0.25) is 0 Å². The summed E-state index contributed by atoms with van der Waals surface area (Å²) in [6.45, 7) is 2.05. The molecule has 0 heterocycles. The number of aliphatic hydroxyl groups excluding tert-OH is 1. The van der Waals surface area contributed by atoms with Gasteiger partial charge in [0, 0.05) is 6.42 Å². The lowest BCUT2D eigenvalue weighted by molar-refractivity contribution is -0.0836. The Hall–Kier alpha value is -0.860. The Morgan fingerprint density at radius 1 is 1.06 bits per heavy atom. The van der Waals surface area contributed by atoms with Gasteiger partial charge in [-0.25, -0.2) is 0 Å². The highest BCUT2D eigenvalue weighted by Gasteiger charge is 2.35. The van der Waals surface area contributed by atoms with E-state index in [1.807, 2.05) is 12.1 Å². The fourth-order valence-corrected chi connectivity index (χ4v) is 2.81. The summed E-state index contributed by atoms with van der Waals surface area (Å²) in [5.41, 5.74) is 1.45. The Morgan fingerprint density at radius 3 is 2.17 bits per heavy atom. The molecule has 2 heteroatoms. The quantitative estimate of drug-likeness (QED) is 0.807. The maximum absolute atomic E-state index is 10.6. The van der Waals surface area contributed by atoms with Crippen molar-refractivity contribution in [3.8, 4) is 0 Å². The molecule has 1 aromatic carbocycles. The van der Waals surface area contributed by atoms with Crippen LogP contribution in [0.4, 0.5) is 0 Å². The minimum absolute atomic E-state index is 0.552. The first kappa shape index (κ1) is 13.6. The van der Waals surface area contributed by atoms with Crippen LogP contribution in [0.3, 0.4) is 0 Å². The lowest BCUT2D eigenvalue weighted by Crippen LogP contribution is -2.43. The van der Waals surface area contributed by atoms with E-state index < -0.39 is 11.7 Å². The third-order valence-corrected chi connectivity index (χ3v) is 4.14. The van der Waals surface area contributed by atoms with Crippen LogP contribution in [-0.2, 0) is 6.42 Å². The van der Waals surface area contributed by atoms with Crippen LogP contribution in [0.15, 0.2) is 24.3 Å². The van der Waals surface area contributed by atoms with Gasteiger partial charge in [0.15, 0.2) is 0 Å². The summed E-state index contributed by atoms with van der Waals surface area (Å²) < 4.78 is 0. The van der Waals surface area contributed by atoms with Gasteiger partial charge in [-0.1, -0.05) is 55.5 Å². The minimum atomic E-state index is -0.874. The third kappa shape index (κ3) is 3.33. The van der Waals surface area contributed by atoms with Crippen LogP contribution in [0.5, 0.6) is 0 Å². The van der Waals surface area contributed by atoms with Gasteiger partial charge < -0.3 is 10.2 Å². The minimum Gasteiger partial charge on any atom is -0.390 e. The van der Waals surface area contributed by atoms with E-state index in [4.69, 9.17) is 0 Å². The van der Waals surface area contributed by atoms with Gasteiger partial charge in [0.1, 0.15) is 0 Å². The summed E-state index contributed by atoms with van der Waals surface area (Å²) >= 11 is 0. The van der Waals surface area contributed by atoms with Crippen molar-refractivity contribution in [1.82, 2.24) is 0 Å². The second kappa shape index (κ2) is 5.85. The molecule has 0 amide bonds. The standard InChI is InChI=1S/C16H24O2/c1-13-6-8-14(9-7-13)12-15(17)16(18)10-4-2-3-5-11-16/h6-9,15,17-18H,2-5,10-12H2,1H3. The molecule has 1 atom stereocenters. The molecule has 0 bridgehead atoms. The van der Waals surface area contributed by atoms with Crippen molar-refractivity contribution in [1.29, 1.82) is 0 Å². The SMILES string of the molecule is Cc1ccc(CC(O)C2(O)CCCCCC2)cc1. The lowest BCUT2D eigenvalue weighted by atomic mass is 9.85. The molecule has 1 aliphatic rings. The molecule has 18 heavy (non-hydrogen) atoms. The molecule has 1 saturated carbocycles. The van der Waals surface area contributed by atoms with Crippen molar-refractivity contribution >= 4 is 0 Å². The van der Waals surface area contributed by atoms with Gasteiger partial charge in [-0.2, -0.15) is 0 Å². The number of aliphatic hydroxyl groups is 2. The highest BCUT2D eigenvalue weighted by Crippen LogP contribution is 2.31. The number of aryl methyl sites for hydroxylation is 1. The summed E-state index contributed by atoms with van der Waals surface area (Å²) in [5.74, 6) is 0. The molecule has 0 aliphatic heterocycles. The van der Waals surface area contributed by atoms with E-state index in [2.05, 4.69) is 19.1 Å². The van der Waals surface area contributed by atoms with Crippen molar-refractivity contribution in [3.63, 3.8) is 0 Å². The number of hydrogen-bond acceptors (Lipinski definition) is 2.